The Labute approximate surface area is 79.5 Å². The largest absolute Gasteiger partial charge is 0.344 e. The van der Waals surface area contributed by atoms with Crippen molar-refractivity contribution in [1.29, 1.82) is 0 Å². The molecule has 0 radical (unpaired) electrons. The lowest BCUT2D eigenvalue weighted by Gasteiger charge is -2.22. The molecule has 3 N–H and O–H groups in total. The zero-order chi connectivity index (χ0) is 10.3. The summed E-state index contributed by atoms with van der Waals surface area (Å²) >= 11 is 0. The Morgan fingerprint density at radius 2 is 2.38 bits per heavy atom. The van der Waals surface area contributed by atoms with Gasteiger partial charge in [-0.2, -0.15) is 0 Å². The van der Waals surface area contributed by atoms with Crippen LogP contribution < -0.4 is 11.1 Å². The van der Waals surface area contributed by atoms with Gasteiger partial charge < -0.3 is 11.1 Å². The molecule has 0 aliphatic heterocycles. The average Bonchev–Trinajstić information content (AvgIpc) is 2.13. The first-order valence-electron chi connectivity index (χ1n) is 4.25. The molecule has 4 nitrogen and oxygen atoms in total. The Balaban J connectivity index is 3.87. The molecular formula is C9H17N3O. The summed E-state index contributed by atoms with van der Waals surface area (Å²) in [5.74, 6) is 2.29. The average molecular weight is 183 g/mol. The standard InChI is InChI=1S/C9H17N3O/c1-4-6-11-9(13)8(2)12(3)7-5-10/h1,8H,5-7,10H2,2-3H3,(H,11,13). The van der Waals surface area contributed by atoms with Crippen molar-refractivity contribution < 1.29 is 4.79 Å². The first kappa shape index (κ1) is 11.9. The van der Waals surface area contributed by atoms with E-state index in [0.29, 0.717) is 13.1 Å². The van der Waals surface area contributed by atoms with Crippen molar-refractivity contribution in [1.82, 2.24) is 10.2 Å². The van der Waals surface area contributed by atoms with Crippen LogP contribution in [-0.2, 0) is 4.79 Å². The van der Waals surface area contributed by atoms with Gasteiger partial charge in [-0.3, -0.25) is 9.69 Å². The molecule has 0 aliphatic rings. The molecule has 0 rings (SSSR count). The minimum absolute atomic E-state index is 0.0612. The van der Waals surface area contributed by atoms with E-state index in [4.69, 9.17) is 12.2 Å². The van der Waals surface area contributed by atoms with Crippen LogP contribution in [0.5, 0.6) is 0 Å². The number of hydrogen-bond donors (Lipinski definition) is 2. The van der Waals surface area contributed by atoms with Crippen LogP contribution in [0.15, 0.2) is 0 Å². The summed E-state index contributed by atoms with van der Waals surface area (Å²) in [6.07, 6.45) is 5.01. The Bertz CT molecular complexity index is 198. The zero-order valence-corrected chi connectivity index (χ0v) is 8.21. The van der Waals surface area contributed by atoms with Crippen molar-refractivity contribution in [2.45, 2.75) is 13.0 Å². The van der Waals surface area contributed by atoms with Crippen molar-refractivity contribution in [3.05, 3.63) is 0 Å². The molecule has 1 amide bonds. The van der Waals surface area contributed by atoms with Crippen LogP contribution in [0.25, 0.3) is 0 Å². The first-order valence-corrected chi connectivity index (χ1v) is 4.25. The predicted octanol–water partition coefficient (Wildman–Crippen LogP) is -0.985. The Kier molecular flexibility index (Phi) is 5.94. The number of hydrogen-bond acceptors (Lipinski definition) is 3. The minimum Gasteiger partial charge on any atom is -0.344 e. The molecule has 0 aromatic heterocycles. The Morgan fingerprint density at radius 3 is 2.85 bits per heavy atom. The van der Waals surface area contributed by atoms with E-state index < -0.39 is 0 Å². The van der Waals surface area contributed by atoms with Gasteiger partial charge in [0.2, 0.25) is 5.91 Å². The minimum atomic E-state index is -0.183. The highest BCUT2D eigenvalue weighted by molar-refractivity contribution is 5.81. The second-order valence-corrected chi connectivity index (χ2v) is 2.87. The third kappa shape index (κ3) is 4.51. The predicted molar refractivity (Wildman–Crippen MR) is 53.0 cm³/mol. The summed E-state index contributed by atoms with van der Waals surface area (Å²) in [5, 5.41) is 2.61. The highest BCUT2D eigenvalue weighted by Crippen LogP contribution is 1.93. The number of nitrogens with zero attached hydrogens (tertiary/aromatic N) is 1. The molecule has 0 aliphatic carbocycles. The maximum atomic E-state index is 11.3. The Morgan fingerprint density at radius 1 is 1.77 bits per heavy atom. The molecule has 13 heavy (non-hydrogen) atoms. The quantitative estimate of drug-likeness (QED) is 0.538. The molecule has 0 bridgehead atoms. The maximum Gasteiger partial charge on any atom is 0.237 e. The molecule has 0 aromatic rings. The van der Waals surface area contributed by atoms with Crippen molar-refractivity contribution in [3.63, 3.8) is 0 Å². The van der Waals surface area contributed by atoms with Gasteiger partial charge in [0.25, 0.3) is 0 Å². The van der Waals surface area contributed by atoms with Gasteiger partial charge in [0, 0.05) is 13.1 Å². The summed E-state index contributed by atoms with van der Waals surface area (Å²) in [5.41, 5.74) is 5.36. The number of rotatable bonds is 5. The molecule has 4 heteroatoms. The van der Waals surface area contributed by atoms with Crippen LogP contribution in [-0.4, -0.2) is 43.5 Å². The van der Waals surface area contributed by atoms with E-state index in [-0.39, 0.29) is 18.5 Å². The summed E-state index contributed by atoms with van der Waals surface area (Å²) < 4.78 is 0. The lowest BCUT2D eigenvalue weighted by molar-refractivity contribution is -0.125. The van der Waals surface area contributed by atoms with Crippen LogP contribution in [0.2, 0.25) is 0 Å². The smallest absolute Gasteiger partial charge is 0.237 e. The number of carbonyl (C=O) groups is 1. The SMILES string of the molecule is C#CCNC(=O)C(C)N(C)CCN. The summed E-state index contributed by atoms with van der Waals surface area (Å²) in [7, 11) is 1.85. The summed E-state index contributed by atoms with van der Waals surface area (Å²) in [6.45, 7) is 3.34. The highest BCUT2D eigenvalue weighted by atomic mass is 16.2. The number of terminal acetylenes is 1. The number of nitrogens with two attached hydrogens (primary N) is 1. The highest BCUT2D eigenvalue weighted by Gasteiger charge is 2.15. The maximum absolute atomic E-state index is 11.3. The molecule has 0 saturated carbocycles. The zero-order valence-electron chi connectivity index (χ0n) is 8.21. The van der Waals surface area contributed by atoms with Crippen molar-refractivity contribution in [3.8, 4) is 12.3 Å². The molecule has 0 fully saturated rings. The number of nitrogens with one attached hydrogen (secondary N) is 1. The number of carbonyl (C=O) groups excluding carboxylic acids is 1. The van der Waals surface area contributed by atoms with Gasteiger partial charge in [-0.05, 0) is 14.0 Å². The van der Waals surface area contributed by atoms with Gasteiger partial charge in [0.1, 0.15) is 0 Å². The van der Waals surface area contributed by atoms with E-state index in [1.165, 1.54) is 0 Å². The van der Waals surface area contributed by atoms with E-state index in [1.54, 1.807) is 0 Å². The van der Waals surface area contributed by atoms with Gasteiger partial charge in [0.15, 0.2) is 0 Å². The summed E-state index contributed by atoms with van der Waals surface area (Å²) in [4.78, 5) is 13.2. The topological polar surface area (TPSA) is 58.4 Å². The van der Waals surface area contributed by atoms with Crippen molar-refractivity contribution >= 4 is 5.91 Å². The van der Waals surface area contributed by atoms with E-state index in [0.717, 1.165) is 0 Å². The number of amides is 1. The van der Waals surface area contributed by atoms with Gasteiger partial charge in [-0.15, -0.1) is 6.42 Å². The molecule has 1 atom stereocenters. The Hall–Kier alpha value is -1.05. The van der Waals surface area contributed by atoms with Crippen molar-refractivity contribution in [2.75, 3.05) is 26.7 Å². The van der Waals surface area contributed by atoms with Gasteiger partial charge >= 0.3 is 0 Å². The molecule has 0 spiro atoms. The molecule has 0 saturated heterocycles. The van der Waals surface area contributed by atoms with E-state index in [1.807, 2.05) is 18.9 Å². The van der Waals surface area contributed by atoms with E-state index in [9.17, 15) is 4.79 Å². The van der Waals surface area contributed by atoms with Crippen LogP contribution in [0.4, 0.5) is 0 Å². The fraction of sp³-hybridized carbons (Fsp3) is 0.667. The first-order chi connectivity index (χ1) is 6.13. The fourth-order valence-corrected chi connectivity index (χ4v) is 0.883. The molecular weight excluding hydrogens is 166 g/mol. The third-order valence-corrected chi connectivity index (χ3v) is 1.89. The van der Waals surface area contributed by atoms with Crippen LogP contribution in [0, 0.1) is 12.3 Å². The second-order valence-electron chi connectivity index (χ2n) is 2.87. The second kappa shape index (κ2) is 6.46. The fourth-order valence-electron chi connectivity index (χ4n) is 0.883. The third-order valence-electron chi connectivity index (χ3n) is 1.89. The van der Waals surface area contributed by atoms with Crippen molar-refractivity contribution in [2.24, 2.45) is 5.73 Å². The lowest BCUT2D eigenvalue weighted by Crippen LogP contribution is -2.44. The monoisotopic (exact) mass is 183 g/mol. The summed E-state index contributed by atoms with van der Waals surface area (Å²) in [6, 6.07) is -0.183. The van der Waals surface area contributed by atoms with E-state index >= 15 is 0 Å². The van der Waals surface area contributed by atoms with Crippen LogP contribution in [0.1, 0.15) is 6.92 Å². The molecule has 0 aromatic carbocycles. The van der Waals surface area contributed by atoms with E-state index in [2.05, 4.69) is 11.2 Å². The van der Waals surface area contributed by atoms with Gasteiger partial charge in [-0.25, -0.2) is 0 Å². The van der Waals surface area contributed by atoms with Gasteiger partial charge in [-0.1, -0.05) is 5.92 Å². The molecule has 0 heterocycles. The number of likely N-dealkylation sites (N-methyl/N-ethyl adjacent to an activating group) is 1. The molecule has 74 valence electrons. The van der Waals surface area contributed by atoms with Crippen LogP contribution >= 0.6 is 0 Å². The normalized spacial score (nSPS) is 12.2. The lowest BCUT2D eigenvalue weighted by atomic mass is 10.3. The van der Waals surface area contributed by atoms with Gasteiger partial charge in [0.05, 0.1) is 12.6 Å². The van der Waals surface area contributed by atoms with Crippen LogP contribution in [0.3, 0.4) is 0 Å². The molecule has 1 unspecified atom stereocenters.